The van der Waals surface area contributed by atoms with Gasteiger partial charge in [-0.1, -0.05) is 127 Å². The highest BCUT2D eigenvalue weighted by molar-refractivity contribution is 6.11. The molecule has 0 fully saturated rings. The molecule has 0 spiro atoms. The lowest BCUT2D eigenvalue weighted by Gasteiger charge is -2.16. The lowest BCUT2D eigenvalue weighted by Crippen LogP contribution is -1.95. The number of anilines is 2. The van der Waals surface area contributed by atoms with Crippen LogP contribution in [0.15, 0.2) is 218 Å². The SMILES string of the molecule is c1ccc(Nc2ccc(-c3ccc4c(c3)c3ccccc3n4-c3ccccc3)cc2-c2cccc(-c3ccc4c(c3)c3ccccc3n4-c3ccccc3)c2)cc1. The maximum absolute atomic E-state index is 3.74. The van der Waals surface area contributed by atoms with Crippen molar-refractivity contribution in [1.29, 1.82) is 0 Å². The molecule has 11 aromatic rings. The van der Waals surface area contributed by atoms with E-state index < -0.39 is 0 Å². The molecule has 2 heterocycles. The molecule has 0 atom stereocenters. The van der Waals surface area contributed by atoms with Gasteiger partial charge in [-0.05, 0) is 119 Å². The van der Waals surface area contributed by atoms with Gasteiger partial charge in [0.25, 0.3) is 0 Å². The lowest BCUT2D eigenvalue weighted by atomic mass is 9.94. The van der Waals surface area contributed by atoms with Crippen molar-refractivity contribution in [3.05, 3.63) is 218 Å². The summed E-state index contributed by atoms with van der Waals surface area (Å²) in [5, 5.41) is 8.73. The predicted octanol–water partition coefficient (Wildman–Crippen LogP) is 14.6. The van der Waals surface area contributed by atoms with Crippen LogP contribution >= 0.6 is 0 Å². The maximum Gasteiger partial charge on any atom is 0.0541 e. The summed E-state index contributed by atoms with van der Waals surface area (Å²) in [6.45, 7) is 0. The first-order valence-corrected chi connectivity index (χ1v) is 19.5. The first-order valence-electron chi connectivity index (χ1n) is 19.5. The zero-order valence-electron chi connectivity index (χ0n) is 31.2. The van der Waals surface area contributed by atoms with Crippen LogP contribution in [0.5, 0.6) is 0 Å². The monoisotopic (exact) mass is 727 g/mol. The normalized spacial score (nSPS) is 11.5. The van der Waals surface area contributed by atoms with E-state index >= 15 is 0 Å². The quantitative estimate of drug-likeness (QED) is 0.173. The van der Waals surface area contributed by atoms with E-state index in [0.717, 1.165) is 33.9 Å². The van der Waals surface area contributed by atoms with Crippen LogP contribution in [0, 0.1) is 0 Å². The zero-order chi connectivity index (χ0) is 37.7. The highest BCUT2D eigenvalue weighted by atomic mass is 15.0. The van der Waals surface area contributed by atoms with E-state index in [2.05, 4.69) is 233 Å². The van der Waals surface area contributed by atoms with E-state index in [1.807, 2.05) is 0 Å². The summed E-state index contributed by atoms with van der Waals surface area (Å²) < 4.78 is 4.74. The number of nitrogens with one attached hydrogen (secondary N) is 1. The lowest BCUT2D eigenvalue weighted by molar-refractivity contribution is 1.18. The molecular weight excluding hydrogens is 691 g/mol. The number of fused-ring (bicyclic) bond motifs is 6. The Bertz CT molecular complexity index is 3250. The molecule has 268 valence electrons. The molecule has 2 aromatic heterocycles. The third-order valence-corrected chi connectivity index (χ3v) is 11.3. The molecule has 0 saturated carbocycles. The van der Waals surface area contributed by atoms with Crippen LogP contribution in [0.1, 0.15) is 0 Å². The maximum atomic E-state index is 3.74. The number of aromatic nitrogens is 2. The second kappa shape index (κ2) is 13.6. The average Bonchev–Trinajstić information content (AvgIpc) is 3.80. The summed E-state index contributed by atoms with van der Waals surface area (Å²) in [7, 11) is 0. The molecule has 0 aliphatic heterocycles. The van der Waals surface area contributed by atoms with Gasteiger partial charge in [0, 0.05) is 49.9 Å². The molecule has 1 N–H and O–H groups in total. The minimum Gasteiger partial charge on any atom is -0.355 e. The number of para-hydroxylation sites is 5. The van der Waals surface area contributed by atoms with Gasteiger partial charge in [0.15, 0.2) is 0 Å². The Morgan fingerprint density at radius 2 is 0.719 bits per heavy atom. The van der Waals surface area contributed by atoms with Crippen LogP contribution < -0.4 is 5.32 Å². The minimum atomic E-state index is 1.05. The van der Waals surface area contributed by atoms with Gasteiger partial charge in [0.05, 0.1) is 22.1 Å². The molecule has 0 aliphatic carbocycles. The number of hydrogen-bond donors (Lipinski definition) is 1. The van der Waals surface area contributed by atoms with E-state index in [1.54, 1.807) is 0 Å². The van der Waals surface area contributed by atoms with Crippen molar-refractivity contribution in [2.24, 2.45) is 0 Å². The van der Waals surface area contributed by atoms with Gasteiger partial charge in [-0.2, -0.15) is 0 Å². The van der Waals surface area contributed by atoms with Gasteiger partial charge in [-0.25, -0.2) is 0 Å². The largest absolute Gasteiger partial charge is 0.355 e. The molecule has 9 aromatic carbocycles. The fraction of sp³-hybridized carbons (Fsp3) is 0. The smallest absolute Gasteiger partial charge is 0.0541 e. The van der Waals surface area contributed by atoms with Crippen LogP contribution in [0.4, 0.5) is 11.4 Å². The third kappa shape index (κ3) is 5.68. The van der Waals surface area contributed by atoms with E-state index in [0.29, 0.717) is 0 Å². The Balaban J connectivity index is 1.05. The van der Waals surface area contributed by atoms with Gasteiger partial charge < -0.3 is 14.5 Å². The van der Waals surface area contributed by atoms with Crippen LogP contribution in [-0.4, -0.2) is 9.13 Å². The van der Waals surface area contributed by atoms with Crippen LogP contribution in [-0.2, 0) is 0 Å². The molecule has 57 heavy (non-hydrogen) atoms. The minimum absolute atomic E-state index is 1.05. The Labute approximate surface area is 331 Å². The second-order valence-corrected chi connectivity index (χ2v) is 14.7. The van der Waals surface area contributed by atoms with Crippen LogP contribution in [0.2, 0.25) is 0 Å². The third-order valence-electron chi connectivity index (χ3n) is 11.3. The molecular formula is C54H37N3. The number of rotatable bonds is 7. The summed E-state index contributed by atoms with van der Waals surface area (Å²) >= 11 is 0. The Kier molecular flexibility index (Phi) is 7.82. The highest BCUT2D eigenvalue weighted by Crippen LogP contribution is 2.40. The van der Waals surface area contributed by atoms with Crippen molar-refractivity contribution in [1.82, 2.24) is 9.13 Å². The van der Waals surface area contributed by atoms with E-state index in [4.69, 9.17) is 0 Å². The molecule has 0 bridgehead atoms. The van der Waals surface area contributed by atoms with Gasteiger partial charge in [0.2, 0.25) is 0 Å². The number of benzene rings is 9. The average molecular weight is 728 g/mol. The second-order valence-electron chi connectivity index (χ2n) is 14.7. The molecule has 11 rings (SSSR count). The van der Waals surface area contributed by atoms with Gasteiger partial charge in [0.1, 0.15) is 0 Å². The molecule has 0 amide bonds. The van der Waals surface area contributed by atoms with Gasteiger partial charge in [-0.3, -0.25) is 0 Å². The molecule has 3 heteroatoms. The topological polar surface area (TPSA) is 21.9 Å². The first kappa shape index (κ1) is 32.8. The summed E-state index contributed by atoms with van der Waals surface area (Å²) in [6, 6.07) is 78.8. The zero-order valence-corrected chi connectivity index (χ0v) is 31.2. The fourth-order valence-corrected chi connectivity index (χ4v) is 8.63. The van der Waals surface area contributed by atoms with E-state index in [9.17, 15) is 0 Å². The molecule has 0 aliphatic rings. The summed E-state index contributed by atoms with van der Waals surface area (Å²) in [4.78, 5) is 0. The molecule has 3 nitrogen and oxygen atoms in total. The van der Waals surface area contributed by atoms with Gasteiger partial charge >= 0.3 is 0 Å². The van der Waals surface area contributed by atoms with E-state index in [1.165, 1.54) is 65.9 Å². The number of nitrogens with zero attached hydrogens (tertiary/aromatic N) is 2. The predicted molar refractivity (Wildman–Crippen MR) is 241 cm³/mol. The van der Waals surface area contributed by atoms with Crippen molar-refractivity contribution in [3.63, 3.8) is 0 Å². The van der Waals surface area contributed by atoms with Crippen LogP contribution in [0.3, 0.4) is 0 Å². The van der Waals surface area contributed by atoms with Crippen molar-refractivity contribution < 1.29 is 0 Å². The summed E-state index contributed by atoms with van der Waals surface area (Å²) in [5.41, 5.74) is 16.3. The van der Waals surface area contributed by atoms with Crippen molar-refractivity contribution in [3.8, 4) is 44.8 Å². The molecule has 0 radical (unpaired) electrons. The first-order chi connectivity index (χ1) is 28.3. The van der Waals surface area contributed by atoms with Crippen LogP contribution in [0.25, 0.3) is 88.4 Å². The highest BCUT2D eigenvalue weighted by Gasteiger charge is 2.16. The van der Waals surface area contributed by atoms with E-state index in [-0.39, 0.29) is 0 Å². The standard InChI is InChI=1S/C54H37N3/c1-4-17-42(18-5-1)55-50-30-27-38(40-29-32-54-49(36-40)46-24-11-13-26-52(46)57(54)44-21-8-3-9-22-44)34-47(50)41-16-14-15-37(33-41)39-28-31-53-48(35-39)45-23-10-12-25-51(45)56(53)43-19-6-2-7-20-43/h1-36,55H. The summed E-state index contributed by atoms with van der Waals surface area (Å²) in [5.74, 6) is 0. The Morgan fingerprint density at radius 1 is 0.281 bits per heavy atom. The van der Waals surface area contributed by atoms with Crippen molar-refractivity contribution >= 4 is 55.0 Å². The fourth-order valence-electron chi connectivity index (χ4n) is 8.63. The van der Waals surface area contributed by atoms with Crippen molar-refractivity contribution in [2.45, 2.75) is 0 Å². The Morgan fingerprint density at radius 3 is 1.30 bits per heavy atom. The Hall–Kier alpha value is -7.62. The van der Waals surface area contributed by atoms with Crippen molar-refractivity contribution in [2.75, 3.05) is 5.32 Å². The number of hydrogen-bond acceptors (Lipinski definition) is 1. The summed E-state index contributed by atoms with van der Waals surface area (Å²) in [6.07, 6.45) is 0. The van der Waals surface area contributed by atoms with Gasteiger partial charge in [-0.15, -0.1) is 0 Å². The molecule has 0 saturated heterocycles. The molecule has 0 unspecified atom stereocenters.